The van der Waals surface area contributed by atoms with Crippen molar-refractivity contribution < 1.29 is 17.9 Å². The molecule has 2 nitrogen and oxygen atoms in total. The largest absolute Gasteiger partial charge is 0.495 e. The molecule has 2 aromatic carbocycles. The molecule has 3 aromatic rings. The van der Waals surface area contributed by atoms with E-state index in [1.54, 1.807) is 18.2 Å². The van der Waals surface area contributed by atoms with Gasteiger partial charge in [-0.25, -0.2) is 4.98 Å². The van der Waals surface area contributed by atoms with E-state index in [0.29, 0.717) is 32.0 Å². The van der Waals surface area contributed by atoms with E-state index < -0.39 is 11.7 Å². The molecule has 0 spiro atoms. The second kappa shape index (κ2) is 6.26. The number of halogens is 5. The van der Waals surface area contributed by atoms with Crippen LogP contribution in [0.25, 0.3) is 22.2 Å². The minimum absolute atomic E-state index is 0.457. The van der Waals surface area contributed by atoms with Crippen molar-refractivity contribution in [3.63, 3.8) is 0 Å². The second-order valence-corrected chi connectivity index (χ2v) is 6.24. The first-order valence-electron chi connectivity index (χ1n) is 6.81. The van der Waals surface area contributed by atoms with E-state index in [0.717, 1.165) is 17.5 Å². The van der Waals surface area contributed by atoms with Gasteiger partial charge in [-0.2, -0.15) is 13.2 Å². The van der Waals surface area contributed by atoms with Gasteiger partial charge < -0.3 is 4.74 Å². The Morgan fingerprint density at radius 1 is 1.08 bits per heavy atom. The molecule has 0 aliphatic heterocycles. The van der Waals surface area contributed by atoms with Crippen molar-refractivity contribution in [1.82, 2.24) is 4.98 Å². The molecule has 0 saturated heterocycles. The first kappa shape index (κ1) is 17.0. The molecule has 0 unspecified atom stereocenters. The third-order valence-electron chi connectivity index (χ3n) is 3.56. The van der Waals surface area contributed by atoms with Crippen LogP contribution in [0.1, 0.15) is 5.56 Å². The summed E-state index contributed by atoms with van der Waals surface area (Å²) in [5.41, 5.74) is 0.898. The zero-order valence-corrected chi connectivity index (χ0v) is 14.6. The molecule has 7 heteroatoms. The third kappa shape index (κ3) is 3.08. The number of nitrogens with zero attached hydrogens (tertiary/aromatic N) is 1. The predicted molar refractivity (Wildman–Crippen MR) is 91.4 cm³/mol. The summed E-state index contributed by atoms with van der Waals surface area (Å²) in [6.45, 7) is 0. The van der Waals surface area contributed by atoms with Gasteiger partial charge in [-0.3, -0.25) is 0 Å². The Kier molecular flexibility index (Phi) is 4.44. The summed E-state index contributed by atoms with van der Waals surface area (Å²) < 4.78 is 43.9. The molecule has 0 amide bonds. The van der Waals surface area contributed by atoms with Gasteiger partial charge in [0.25, 0.3) is 0 Å². The van der Waals surface area contributed by atoms with E-state index in [1.165, 1.54) is 19.2 Å². The minimum atomic E-state index is -4.37. The maximum absolute atomic E-state index is 12.7. The number of pyridine rings is 1. The number of rotatable bonds is 2. The number of hydrogen-bond acceptors (Lipinski definition) is 2. The summed E-state index contributed by atoms with van der Waals surface area (Å²) in [5.74, 6) is 0.593. The third-order valence-corrected chi connectivity index (χ3v) is 4.64. The van der Waals surface area contributed by atoms with Crippen molar-refractivity contribution >= 4 is 38.4 Å². The monoisotopic (exact) mass is 415 g/mol. The minimum Gasteiger partial charge on any atom is -0.495 e. The normalized spacial score (nSPS) is 11.8. The van der Waals surface area contributed by atoms with Crippen LogP contribution in [0.15, 0.2) is 46.9 Å². The van der Waals surface area contributed by atoms with Gasteiger partial charge in [0.05, 0.1) is 33.4 Å². The van der Waals surface area contributed by atoms with E-state index in [1.807, 2.05) is 0 Å². The highest BCUT2D eigenvalue weighted by molar-refractivity contribution is 9.10. The number of aromatic nitrogens is 1. The van der Waals surface area contributed by atoms with Crippen molar-refractivity contribution in [2.24, 2.45) is 0 Å². The summed E-state index contributed by atoms with van der Waals surface area (Å²) >= 11 is 9.73. The Labute approximate surface area is 149 Å². The van der Waals surface area contributed by atoms with Gasteiger partial charge in [0.1, 0.15) is 5.75 Å². The number of benzene rings is 2. The highest BCUT2D eigenvalue weighted by Gasteiger charge is 2.30. The topological polar surface area (TPSA) is 22.1 Å². The van der Waals surface area contributed by atoms with Crippen LogP contribution in [0, 0.1) is 0 Å². The SMILES string of the molecule is COc1ccc2c(Cl)cc(-c3ccc(C(F)(F)F)cc3)nc2c1Br. The van der Waals surface area contributed by atoms with Crippen LogP contribution in [-0.4, -0.2) is 12.1 Å². The van der Waals surface area contributed by atoms with Gasteiger partial charge in [-0.1, -0.05) is 23.7 Å². The molecular formula is C17H10BrClF3NO. The summed E-state index contributed by atoms with van der Waals surface area (Å²) in [4.78, 5) is 4.51. The standard InChI is InChI=1S/C17H10BrClF3NO/c1-24-14-7-6-11-12(19)8-13(23-16(11)15(14)18)9-2-4-10(5-3-9)17(20,21)22/h2-8H,1H3. The molecule has 0 fully saturated rings. The fourth-order valence-corrected chi connectivity index (χ4v) is 3.19. The molecule has 124 valence electrons. The molecule has 0 saturated carbocycles. The molecule has 1 heterocycles. The number of hydrogen-bond donors (Lipinski definition) is 0. The second-order valence-electron chi connectivity index (χ2n) is 5.04. The molecule has 1 aromatic heterocycles. The molecule has 0 bridgehead atoms. The van der Waals surface area contributed by atoms with Gasteiger partial charge in [0.15, 0.2) is 0 Å². The lowest BCUT2D eigenvalue weighted by Crippen LogP contribution is -2.04. The maximum atomic E-state index is 12.7. The van der Waals surface area contributed by atoms with Crippen LogP contribution >= 0.6 is 27.5 Å². The van der Waals surface area contributed by atoms with Crippen molar-refractivity contribution in [3.8, 4) is 17.0 Å². The lowest BCUT2D eigenvalue weighted by Gasteiger charge is -2.11. The zero-order chi connectivity index (χ0) is 17.5. The lowest BCUT2D eigenvalue weighted by atomic mass is 10.1. The molecular weight excluding hydrogens is 407 g/mol. The van der Waals surface area contributed by atoms with Crippen molar-refractivity contribution in [3.05, 3.63) is 57.5 Å². The Bertz CT molecular complexity index is 910. The maximum Gasteiger partial charge on any atom is 0.416 e. The molecule has 0 aliphatic carbocycles. The van der Waals surface area contributed by atoms with E-state index >= 15 is 0 Å². The summed E-state index contributed by atoms with van der Waals surface area (Å²) in [6, 6.07) is 9.97. The molecule has 0 N–H and O–H groups in total. The first-order chi connectivity index (χ1) is 11.3. The van der Waals surface area contributed by atoms with Crippen molar-refractivity contribution in [2.45, 2.75) is 6.18 Å². The molecule has 3 rings (SSSR count). The van der Waals surface area contributed by atoms with Crippen LogP contribution in [0.5, 0.6) is 5.75 Å². The number of ether oxygens (including phenoxy) is 1. The highest BCUT2D eigenvalue weighted by atomic mass is 79.9. The summed E-state index contributed by atoms with van der Waals surface area (Å²) in [7, 11) is 1.53. The average molecular weight is 417 g/mol. The quantitative estimate of drug-likeness (QED) is 0.486. The molecule has 0 atom stereocenters. The number of fused-ring (bicyclic) bond motifs is 1. The highest BCUT2D eigenvalue weighted by Crippen LogP contribution is 2.37. The van der Waals surface area contributed by atoms with Gasteiger partial charge in [-0.15, -0.1) is 0 Å². The van der Waals surface area contributed by atoms with E-state index in [-0.39, 0.29) is 0 Å². The fourth-order valence-electron chi connectivity index (χ4n) is 2.33. The predicted octanol–water partition coefficient (Wildman–Crippen LogP) is 6.35. The smallest absolute Gasteiger partial charge is 0.416 e. The van der Waals surface area contributed by atoms with Crippen LogP contribution in [0.2, 0.25) is 5.02 Å². The summed E-state index contributed by atoms with van der Waals surface area (Å²) in [5, 5.41) is 1.18. The molecule has 0 aliphatic rings. The van der Waals surface area contributed by atoms with Gasteiger partial charge in [-0.05, 0) is 46.3 Å². The summed E-state index contributed by atoms with van der Waals surface area (Å²) in [6.07, 6.45) is -4.37. The lowest BCUT2D eigenvalue weighted by molar-refractivity contribution is -0.137. The van der Waals surface area contributed by atoms with Gasteiger partial charge >= 0.3 is 6.18 Å². The van der Waals surface area contributed by atoms with Crippen molar-refractivity contribution in [1.29, 1.82) is 0 Å². The Morgan fingerprint density at radius 3 is 2.33 bits per heavy atom. The van der Waals surface area contributed by atoms with Gasteiger partial charge in [0, 0.05) is 10.9 Å². The average Bonchev–Trinajstić information content (AvgIpc) is 2.55. The molecule has 24 heavy (non-hydrogen) atoms. The van der Waals surface area contributed by atoms with Gasteiger partial charge in [0.2, 0.25) is 0 Å². The first-order valence-corrected chi connectivity index (χ1v) is 7.98. The zero-order valence-electron chi connectivity index (χ0n) is 12.3. The van der Waals surface area contributed by atoms with E-state index in [9.17, 15) is 13.2 Å². The Hall–Kier alpha value is -1.79. The molecule has 0 radical (unpaired) electrons. The Morgan fingerprint density at radius 2 is 1.75 bits per heavy atom. The number of alkyl halides is 3. The van der Waals surface area contributed by atoms with Crippen LogP contribution < -0.4 is 4.74 Å². The Balaban J connectivity index is 2.15. The van der Waals surface area contributed by atoms with Crippen LogP contribution in [0.4, 0.5) is 13.2 Å². The number of methoxy groups -OCH3 is 1. The van der Waals surface area contributed by atoms with E-state index in [2.05, 4.69) is 20.9 Å². The van der Waals surface area contributed by atoms with E-state index in [4.69, 9.17) is 16.3 Å². The van der Waals surface area contributed by atoms with Crippen LogP contribution in [-0.2, 0) is 6.18 Å². The fraction of sp³-hybridized carbons (Fsp3) is 0.118. The van der Waals surface area contributed by atoms with Crippen molar-refractivity contribution in [2.75, 3.05) is 7.11 Å². The van der Waals surface area contributed by atoms with Crippen LogP contribution in [0.3, 0.4) is 0 Å².